The highest BCUT2D eigenvalue weighted by Crippen LogP contribution is 2.22. The number of amides is 1. The van der Waals surface area contributed by atoms with Crippen molar-refractivity contribution in [2.45, 2.75) is 63.3 Å². The van der Waals surface area contributed by atoms with Gasteiger partial charge in [0.1, 0.15) is 24.4 Å². The second-order valence-electron chi connectivity index (χ2n) is 4.98. The summed E-state index contributed by atoms with van der Waals surface area (Å²) in [6, 6.07) is 0. The Kier molecular flexibility index (Phi) is 6.80. The molecule has 0 unspecified atom stereocenters. The molecule has 1 rings (SSSR count). The predicted molar refractivity (Wildman–Crippen MR) is 68.9 cm³/mol. The third kappa shape index (κ3) is 3.87. The zero-order valence-corrected chi connectivity index (χ0v) is 11.6. The van der Waals surface area contributed by atoms with Crippen molar-refractivity contribution in [1.82, 2.24) is 5.01 Å². The average molecular weight is 292 g/mol. The Morgan fingerprint density at radius 3 is 2.40 bits per heavy atom. The van der Waals surface area contributed by atoms with Gasteiger partial charge in [-0.1, -0.05) is 19.8 Å². The molecule has 0 aromatic rings. The van der Waals surface area contributed by atoms with Crippen molar-refractivity contribution in [3.8, 4) is 0 Å². The number of rotatable bonds is 6. The van der Waals surface area contributed by atoms with Crippen LogP contribution in [0.25, 0.3) is 0 Å². The summed E-state index contributed by atoms with van der Waals surface area (Å²) in [6.07, 6.45) is -4.19. The minimum Gasteiger partial charge on any atom is -0.394 e. The molecule has 0 bridgehead atoms. The highest BCUT2D eigenvalue weighted by molar-refractivity contribution is 5.75. The first-order valence-corrected chi connectivity index (χ1v) is 6.81. The first-order valence-electron chi connectivity index (χ1n) is 6.81. The molecule has 0 saturated carbocycles. The van der Waals surface area contributed by atoms with Crippen LogP contribution < -0.4 is 5.84 Å². The number of hydrazine groups is 1. The average Bonchev–Trinajstić information content (AvgIpc) is 2.44. The van der Waals surface area contributed by atoms with E-state index in [1.807, 2.05) is 6.92 Å². The summed E-state index contributed by atoms with van der Waals surface area (Å²) in [5, 5.41) is 38.9. The van der Waals surface area contributed by atoms with E-state index in [1.54, 1.807) is 0 Å². The van der Waals surface area contributed by atoms with Gasteiger partial charge < -0.3 is 25.2 Å². The molecule has 1 fully saturated rings. The molecule has 1 amide bonds. The standard InChI is InChI=1S/C12H24N2O6/c1-2-3-4-5-8(16)14(13)12-11(19)10(18)9(17)7(6-15)20-12/h7,9-12,15,17-19H,2-6,13H2,1H3/t7-,9+,10+,11-,12-/m1/s1. The first kappa shape index (κ1) is 17.3. The van der Waals surface area contributed by atoms with E-state index in [1.165, 1.54) is 0 Å². The number of nitrogens with zero attached hydrogens (tertiary/aromatic N) is 1. The number of carbonyl (C=O) groups excluding carboxylic acids is 1. The smallest absolute Gasteiger partial charge is 0.238 e. The van der Waals surface area contributed by atoms with Gasteiger partial charge in [0.25, 0.3) is 0 Å². The van der Waals surface area contributed by atoms with E-state index < -0.39 is 43.2 Å². The van der Waals surface area contributed by atoms with Gasteiger partial charge in [0.05, 0.1) is 6.61 Å². The molecule has 0 aromatic heterocycles. The van der Waals surface area contributed by atoms with Crippen LogP contribution in [0.3, 0.4) is 0 Å². The van der Waals surface area contributed by atoms with Crippen LogP contribution in [0.4, 0.5) is 0 Å². The lowest BCUT2D eigenvalue weighted by atomic mass is 9.98. The summed E-state index contributed by atoms with van der Waals surface area (Å²) < 4.78 is 5.19. The molecule has 118 valence electrons. The van der Waals surface area contributed by atoms with E-state index >= 15 is 0 Å². The van der Waals surface area contributed by atoms with E-state index in [9.17, 15) is 20.1 Å². The molecule has 0 spiro atoms. The van der Waals surface area contributed by atoms with Gasteiger partial charge in [-0.25, -0.2) is 10.9 Å². The van der Waals surface area contributed by atoms with Gasteiger partial charge in [-0.2, -0.15) is 0 Å². The number of ether oxygens (including phenoxy) is 1. The first-order chi connectivity index (χ1) is 9.43. The maximum atomic E-state index is 11.8. The number of hydrogen-bond acceptors (Lipinski definition) is 7. The summed E-state index contributed by atoms with van der Waals surface area (Å²) in [5.74, 6) is 5.19. The fourth-order valence-electron chi connectivity index (χ4n) is 2.11. The van der Waals surface area contributed by atoms with Gasteiger partial charge in [0.2, 0.25) is 5.91 Å². The molecule has 1 aliphatic rings. The summed E-state index contributed by atoms with van der Waals surface area (Å²) >= 11 is 0. The molecular formula is C12H24N2O6. The third-order valence-electron chi connectivity index (χ3n) is 3.42. The van der Waals surface area contributed by atoms with Gasteiger partial charge in [-0.15, -0.1) is 0 Å². The van der Waals surface area contributed by atoms with Crippen LogP contribution in [0.15, 0.2) is 0 Å². The van der Waals surface area contributed by atoms with Crippen LogP contribution in [0.2, 0.25) is 0 Å². The van der Waals surface area contributed by atoms with E-state index in [-0.39, 0.29) is 6.42 Å². The summed E-state index contributed by atoms with van der Waals surface area (Å²) in [6.45, 7) is 1.45. The van der Waals surface area contributed by atoms with Crippen molar-refractivity contribution in [2.24, 2.45) is 5.84 Å². The normalized spacial score (nSPS) is 34.0. The molecule has 1 aliphatic heterocycles. The molecule has 8 heteroatoms. The molecule has 1 saturated heterocycles. The SMILES string of the molecule is CCCCCC(=O)N(N)[C@@H]1O[C@H](CO)[C@H](O)[C@H](O)[C@H]1O. The molecule has 0 radical (unpaired) electrons. The van der Waals surface area contributed by atoms with Crippen molar-refractivity contribution >= 4 is 5.91 Å². The van der Waals surface area contributed by atoms with Gasteiger partial charge >= 0.3 is 0 Å². The number of aliphatic hydroxyl groups is 4. The van der Waals surface area contributed by atoms with Crippen molar-refractivity contribution in [2.75, 3.05) is 6.61 Å². The lowest BCUT2D eigenvalue weighted by Gasteiger charge is -2.42. The molecule has 1 heterocycles. The molecule has 0 aromatic carbocycles. The Morgan fingerprint density at radius 2 is 1.85 bits per heavy atom. The molecule has 20 heavy (non-hydrogen) atoms. The molecular weight excluding hydrogens is 268 g/mol. The Balaban J connectivity index is 2.65. The zero-order chi connectivity index (χ0) is 15.3. The van der Waals surface area contributed by atoms with Gasteiger partial charge in [0, 0.05) is 6.42 Å². The largest absolute Gasteiger partial charge is 0.394 e. The molecule has 5 atom stereocenters. The van der Waals surface area contributed by atoms with E-state index in [0.717, 1.165) is 17.9 Å². The third-order valence-corrected chi connectivity index (χ3v) is 3.42. The number of aliphatic hydroxyl groups excluding tert-OH is 4. The summed E-state index contributed by atoms with van der Waals surface area (Å²) in [7, 11) is 0. The fraction of sp³-hybridized carbons (Fsp3) is 0.917. The van der Waals surface area contributed by atoms with E-state index in [2.05, 4.69) is 0 Å². The van der Waals surface area contributed by atoms with E-state index in [0.29, 0.717) is 6.42 Å². The topological polar surface area (TPSA) is 136 Å². The Hall–Kier alpha value is -0.770. The van der Waals surface area contributed by atoms with Crippen molar-refractivity contribution < 1.29 is 30.0 Å². The second-order valence-corrected chi connectivity index (χ2v) is 4.98. The van der Waals surface area contributed by atoms with Crippen molar-refractivity contribution in [3.05, 3.63) is 0 Å². The van der Waals surface area contributed by atoms with Crippen LogP contribution in [0.1, 0.15) is 32.6 Å². The van der Waals surface area contributed by atoms with E-state index in [4.69, 9.17) is 15.7 Å². The summed E-state index contributed by atoms with van der Waals surface area (Å²) in [4.78, 5) is 11.8. The fourth-order valence-corrected chi connectivity index (χ4v) is 2.11. The highest BCUT2D eigenvalue weighted by atomic mass is 16.6. The number of hydrogen-bond donors (Lipinski definition) is 5. The number of unbranched alkanes of at least 4 members (excludes halogenated alkanes) is 2. The Labute approximate surface area is 117 Å². The summed E-state index contributed by atoms with van der Waals surface area (Å²) in [5.41, 5.74) is 0. The lowest BCUT2D eigenvalue weighted by Crippen LogP contribution is -2.65. The number of carbonyl (C=O) groups is 1. The second kappa shape index (κ2) is 7.87. The highest BCUT2D eigenvalue weighted by Gasteiger charge is 2.46. The lowest BCUT2D eigenvalue weighted by molar-refractivity contribution is -0.263. The number of nitrogens with two attached hydrogens (primary N) is 1. The van der Waals surface area contributed by atoms with Crippen molar-refractivity contribution in [1.29, 1.82) is 0 Å². The molecule has 6 N–H and O–H groups in total. The van der Waals surface area contributed by atoms with Crippen molar-refractivity contribution in [3.63, 3.8) is 0 Å². The quantitative estimate of drug-likeness (QED) is 0.166. The Bertz CT molecular complexity index is 314. The molecule has 8 nitrogen and oxygen atoms in total. The van der Waals surface area contributed by atoms with Gasteiger partial charge in [0.15, 0.2) is 6.23 Å². The van der Waals surface area contributed by atoms with Gasteiger partial charge in [-0.3, -0.25) is 4.79 Å². The van der Waals surface area contributed by atoms with Crippen LogP contribution in [-0.4, -0.2) is 68.6 Å². The van der Waals surface area contributed by atoms with Crippen LogP contribution >= 0.6 is 0 Å². The maximum Gasteiger partial charge on any atom is 0.238 e. The predicted octanol–water partition coefficient (Wildman–Crippen LogP) is -1.93. The molecule has 0 aliphatic carbocycles. The zero-order valence-electron chi connectivity index (χ0n) is 11.6. The maximum absolute atomic E-state index is 11.8. The van der Waals surface area contributed by atoms with Crippen LogP contribution in [0, 0.1) is 0 Å². The van der Waals surface area contributed by atoms with Crippen LogP contribution in [-0.2, 0) is 9.53 Å². The van der Waals surface area contributed by atoms with Crippen LogP contribution in [0.5, 0.6) is 0 Å². The van der Waals surface area contributed by atoms with Gasteiger partial charge in [-0.05, 0) is 6.42 Å². The Morgan fingerprint density at radius 1 is 1.20 bits per heavy atom. The minimum atomic E-state index is -1.54. The minimum absolute atomic E-state index is 0.208. The monoisotopic (exact) mass is 292 g/mol.